The number of nitro benzene ring substituents is 1. The van der Waals surface area contributed by atoms with Crippen LogP contribution in [0.4, 0.5) is 22.7 Å². The highest BCUT2D eigenvalue weighted by Gasteiger charge is 2.22. The fourth-order valence-corrected chi connectivity index (χ4v) is 4.38. The number of benzene rings is 3. The standard InChI is InChI=1S/C22H18ClN5O6S/c1-13(14-2-9-21-19(10-14)24-22(29)12-34-21)25-26-18-8-7-17(11-20(18)28(30)31)35(32,33)27-16-5-3-15(23)4-6-16/h2-11,26-27H,12H2,1H3,(H,24,29). The van der Waals surface area contributed by atoms with Crippen LogP contribution in [-0.4, -0.2) is 31.6 Å². The van der Waals surface area contributed by atoms with Crippen LogP contribution in [0, 0.1) is 10.1 Å². The second kappa shape index (κ2) is 9.60. The Morgan fingerprint density at radius 3 is 2.60 bits per heavy atom. The normalized spacial score (nSPS) is 13.3. The summed E-state index contributed by atoms with van der Waals surface area (Å²) in [7, 11) is -4.09. The van der Waals surface area contributed by atoms with Gasteiger partial charge in [0.05, 0.1) is 21.2 Å². The van der Waals surface area contributed by atoms with Gasteiger partial charge < -0.3 is 10.1 Å². The molecule has 3 N–H and O–H groups in total. The van der Waals surface area contributed by atoms with Gasteiger partial charge in [0.15, 0.2) is 6.61 Å². The molecule has 180 valence electrons. The number of hydrogen-bond donors (Lipinski definition) is 3. The topological polar surface area (TPSA) is 152 Å². The van der Waals surface area contributed by atoms with Crippen molar-refractivity contribution in [3.05, 3.63) is 81.4 Å². The molecule has 3 aromatic rings. The number of nitrogens with zero attached hydrogens (tertiary/aromatic N) is 2. The highest BCUT2D eigenvalue weighted by atomic mass is 35.5. The minimum Gasteiger partial charge on any atom is -0.482 e. The molecule has 1 aliphatic rings. The number of nitro groups is 1. The highest BCUT2D eigenvalue weighted by Crippen LogP contribution is 2.30. The lowest BCUT2D eigenvalue weighted by Gasteiger charge is -2.18. The van der Waals surface area contributed by atoms with E-state index in [9.17, 15) is 23.3 Å². The van der Waals surface area contributed by atoms with Crippen molar-refractivity contribution >= 4 is 56.0 Å². The molecule has 0 radical (unpaired) electrons. The summed E-state index contributed by atoms with van der Waals surface area (Å²) in [6.07, 6.45) is 0. The molecule has 4 rings (SSSR count). The zero-order valence-corrected chi connectivity index (χ0v) is 19.7. The summed E-state index contributed by atoms with van der Waals surface area (Å²) in [6, 6.07) is 14.5. The number of halogens is 1. The Morgan fingerprint density at radius 1 is 1.14 bits per heavy atom. The van der Waals surface area contributed by atoms with Gasteiger partial charge in [-0.2, -0.15) is 5.10 Å². The Kier molecular flexibility index (Phi) is 6.58. The predicted molar refractivity (Wildman–Crippen MR) is 132 cm³/mol. The van der Waals surface area contributed by atoms with Gasteiger partial charge in [-0.3, -0.25) is 25.1 Å². The number of rotatable bonds is 7. The minimum atomic E-state index is -4.09. The predicted octanol–water partition coefficient (Wildman–Crippen LogP) is 4.22. The summed E-state index contributed by atoms with van der Waals surface area (Å²) < 4.78 is 33.1. The Balaban J connectivity index is 1.57. The van der Waals surface area contributed by atoms with E-state index in [1.165, 1.54) is 36.4 Å². The molecule has 13 heteroatoms. The Hall–Kier alpha value is -4.16. The first-order valence-corrected chi connectivity index (χ1v) is 11.9. The summed E-state index contributed by atoms with van der Waals surface area (Å²) in [4.78, 5) is 22.2. The van der Waals surface area contributed by atoms with Gasteiger partial charge >= 0.3 is 0 Å². The van der Waals surface area contributed by atoms with Crippen LogP contribution in [-0.2, 0) is 14.8 Å². The maximum atomic E-state index is 12.7. The fourth-order valence-electron chi connectivity index (χ4n) is 3.17. The van der Waals surface area contributed by atoms with Crippen LogP contribution < -0.4 is 20.2 Å². The van der Waals surface area contributed by atoms with Gasteiger partial charge in [-0.1, -0.05) is 11.6 Å². The number of nitrogens with one attached hydrogen (secondary N) is 3. The van der Waals surface area contributed by atoms with E-state index in [-0.39, 0.29) is 28.8 Å². The van der Waals surface area contributed by atoms with Gasteiger partial charge in [-0.05, 0) is 67.1 Å². The van der Waals surface area contributed by atoms with E-state index in [2.05, 4.69) is 20.6 Å². The van der Waals surface area contributed by atoms with Crippen molar-refractivity contribution < 1.29 is 22.9 Å². The lowest BCUT2D eigenvalue weighted by atomic mass is 10.1. The van der Waals surface area contributed by atoms with Gasteiger partial charge in [-0.15, -0.1) is 0 Å². The summed E-state index contributed by atoms with van der Waals surface area (Å²) in [5.74, 6) is 0.243. The van der Waals surface area contributed by atoms with Crippen molar-refractivity contribution in [2.75, 3.05) is 22.1 Å². The molecule has 1 aliphatic heterocycles. The maximum absolute atomic E-state index is 12.7. The van der Waals surface area contributed by atoms with E-state index in [1.54, 1.807) is 25.1 Å². The number of carbonyl (C=O) groups is 1. The van der Waals surface area contributed by atoms with E-state index in [0.29, 0.717) is 27.7 Å². The van der Waals surface area contributed by atoms with Crippen LogP contribution in [0.5, 0.6) is 5.75 Å². The summed E-state index contributed by atoms with van der Waals surface area (Å²) in [5, 5.41) is 18.9. The number of fused-ring (bicyclic) bond motifs is 1. The summed E-state index contributed by atoms with van der Waals surface area (Å²) in [6.45, 7) is 1.60. The molecule has 3 aromatic carbocycles. The number of hydrogen-bond acceptors (Lipinski definition) is 8. The minimum absolute atomic E-state index is 0.00520. The zero-order chi connectivity index (χ0) is 25.2. The van der Waals surface area contributed by atoms with Gasteiger partial charge in [0, 0.05) is 16.8 Å². The van der Waals surface area contributed by atoms with Gasteiger partial charge in [0.25, 0.3) is 21.6 Å². The van der Waals surface area contributed by atoms with Crippen molar-refractivity contribution in [3.63, 3.8) is 0 Å². The Morgan fingerprint density at radius 2 is 1.89 bits per heavy atom. The van der Waals surface area contributed by atoms with Crippen LogP contribution in [0.15, 0.2) is 70.7 Å². The van der Waals surface area contributed by atoms with Crippen molar-refractivity contribution in [3.8, 4) is 5.75 Å². The molecule has 0 atom stereocenters. The molecular weight excluding hydrogens is 498 g/mol. The van der Waals surface area contributed by atoms with Crippen LogP contribution in [0.2, 0.25) is 5.02 Å². The second-order valence-electron chi connectivity index (χ2n) is 7.41. The first-order valence-electron chi connectivity index (χ1n) is 10.1. The quantitative estimate of drug-likeness (QED) is 0.242. The smallest absolute Gasteiger partial charge is 0.295 e. The van der Waals surface area contributed by atoms with E-state index in [0.717, 1.165) is 6.07 Å². The van der Waals surface area contributed by atoms with E-state index in [1.807, 2.05) is 0 Å². The molecule has 0 spiro atoms. The zero-order valence-electron chi connectivity index (χ0n) is 18.1. The first-order chi connectivity index (χ1) is 16.6. The maximum Gasteiger partial charge on any atom is 0.295 e. The van der Waals surface area contributed by atoms with Crippen molar-refractivity contribution in [1.82, 2.24) is 0 Å². The Labute approximate surface area is 205 Å². The third kappa shape index (κ3) is 5.50. The second-order valence-corrected chi connectivity index (χ2v) is 9.52. The largest absolute Gasteiger partial charge is 0.482 e. The van der Waals surface area contributed by atoms with Gasteiger partial charge in [0.1, 0.15) is 11.4 Å². The van der Waals surface area contributed by atoms with Crippen LogP contribution in [0.1, 0.15) is 12.5 Å². The molecule has 11 nitrogen and oxygen atoms in total. The molecule has 0 bridgehead atoms. The number of ether oxygens (including phenoxy) is 1. The molecule has 0 unspecified atom stereocenters. The van der Waals surface area contributed by atoms with E-state index >= 15 is 0 Å². The third-order valence-electron chi connectivity index (χ3n) is 4.95. The molecule has 1 amide bonds. The molecule has 0 saturated heterocycles. The average molecular weight is 516 g/mol. The first kappa shape index (κ1) is 24.0. The number of sulfonamides is 1. The van der Waals surface area contributed by atoms with Crippen LogP contribution in [0.25, 0.3) is 0 Å². The number of amides is 1. The van der Waals surface area contributed by atoms with Gasteiger partial charge in [-0.25, -0.2) is 8.42 Å². The van der Waals surface area contributed by atoms with Crippen molar-refractivity contribution in [1.29, 1.82) is 0 Å². The van der Waals surface area contributed by atoms with Crippen molar-refractivity contribution in [2.24, 2.45) is 5.10 Å². The third-order valence-corrected chi connectivity index (χ3v) is 6.58. The average Bonchev–Trinajstić information content (AvgIpc) is 2.83. The van der Waals surface area contributed by atoms with Crippen molar-refractivity contribution in [2.45, 2.75) is 11.8 Å². The molecule has 35 heavy (non-hydrogen) atoms. The number of anilines is 3. The monoisotopic (exact) mass is 515 g/mol. The van der Waals surface area contributed by atoms with E-state index < -0.39 is 20.6 Å². The molecular formula is C22H18ClN5O6S. The molecule has 0 saturated carbocycles. The lowest BCUT2D eigenvalue weighted by molar-refractivity contribution is -0.384. The molecule has 0 fully saturated rings. The molecule has 0 aliphatic carbocycles. The number of hydrazone groups is 1. The lowest BCUT2D eigenvalue weighted by Crippen LogP contribution is -2.25. The van der Waals surface area contributed by atoms with Gasteiger partial charge in [0.2, 0.25) is 0 Å². The molecule has 1 heterocycles. The molecule has 0 aromatic heterocycles. The van der Waals surface area contributed by atoms with Crippen LogP contribution in [0.3, 0.4) is 0 Å². The summed E-state index contributed by atoms with van der Waals surface area (Å²) >= 11 is 5.81. The number of carbonyl (C=O) groups excluding carboxylic acids is 1. The Bertz CT molecular complexity index is 1460. The highest BCUT2D eigenvalue weighted by molar-refractivity contribution is 7.92. The fraction of sp³-hybridized carbons (Fsp3) is 0.0909. The van der Waals surface area contributed by atoms with E-state index in [4.69, 9.17) is 16.3 Å². The SMILES string of the molecule is CC(=NNc1ccc(S(=O)(=O)Nc2ccc(Cl)cc2)cc1[N+](=O)[O-])c1ccc2c(c1)NC(=O)CO2. The summed E-state index contributed by atoms with van der Waals surface area (Å²) in [5.41, 5.74) is 3.97. The van der Waals surface area contributed by atoms with Crippen LogP contribution >= 0.6 is 11.6 Å².